The molecule has 0 bridgehead atoms. The van der Waals surface area contributed by atoms with Gasteiger partial charge < -0.3 is 9.47 Å². The van der Waals surface area contributed by atoms with Crippen molar-refractivity contribution >= 4 is 12.1 Å². The Hall–Kier alpha value is -1.52. The van der Waals surface area contributed by atoms with E-state index in [2.05, 4.69) is 11.3 Å². The quantitative estimate of drug-likeness (QED) is 0.357. The molecule has 0 aromatic carbocycles. The van der Waals surface area contributed by atoms with Crippen LogP contribution in [0.2, 0.25) is 0 Å². The Morgan fingerprint density at radius 1 is 1.69 bits per heavy atom. The number of esters is 1. The molecule has 1 saturated heterocycles. The first kappa shape index (κ1) is 9.57. The first-order valence-electron chi connectivity index (χ1n) is 3.82. The van der Waals surface area contributed by atoms with Crippen molar-refractivity contribution in [2.75, 3.05) is 20.3 Å². The van der Waals surface area contributed by atoms with Crippen LogP contribution in [0.5, 0.6) is 0 Å². The van der Waals surface area contributed by atoms with Crippen LogP contribution >= 0.6 is 0 Å². The molecular weight excluding hydrogens is 174 g/mol. The first-order valence-corrected chi connectivity index (χ1v) is 3.82. The summed E-state index contributed by atoms with van der Waals surface area (Å²) in [7, 11) is 1.29. The van der Waals surface area contributed by atoms with E-state index in [1.54, 1.807) is 0 Å². The van der Waals surface area contributed by atoms with Gasteiger partial charge in [0.1, 0.15) is 6.61 Å². The van der Waals surface area contributed by atoms with Crippen molar-refractivity contribution in [3.8, 4) is 0 Å². The average molecular weight is 185 g/mol. The minimum Gasteiger partial charge on any atom is -0.467 e. The van der Waals surface area contributed by atoms with E-state index >= 15 is 0 Å². The van der Waals surface area contributed by atoms with Gasteiger partial charge in [0.2, 0.25) is 0 Å². The van der Waals surface area contributed by atoms with Crippen molar-refractivity contribution in [2.45, 2.75) is 6.04 Å². The lowest BCUT2D eigenvalue weighted by molar-refractivity contribution is -0.140. The van der Waals surface area contributed by atoms with Gasteiger partial charge in [0.15, 0.2) is 6.04 Å². The fourth-order valence-electron chi connectivity index (χ4n) is 0.892. The number of hydrogen-bond acceptors (Lipinski definition) is 4. The minimum absolute atomic E-state index is 0.156. The van der Waals surface area contributed by atoms with Crippen LogP contribution in [0.15, 0.2) is 12.7 Å². The van der Waals surface area contributed by atoms with Gasteiger partial charge in [-0.3, -0.25) is 4.90 Å². The van der Waals surface area contributed by atoms with Gasteiger partial charge in [-0.15, -0.1) is 0 Å². The normalized spacial score (nSPS) is 19.2. The summed E-state index contributed by atoms with van der Waals surface area (Å²) >= 11 is 0. The smallest absolute Gasteiger partial charge is 0.410 e. The van der Waals surface area contributed by atoms with Gasteiger partial charge in [0.25, 0.3) is 0 Å². The summed E-state index contributed by atoms with van der Waals surface area (Å²) in [6.45, 7) is 3.93. The SMILES string of the molecule is C=CCOC(=O)N1C[C@H]1C(=O)OC. The number of ether oxygens (including phenoxy) is 2. The molecule has 1 fully saturated rings. The molecule has 1 rings (SSSR count). The molecule has 0 aromatic rings. The lowest BCUT2D eigenvalue weighted by Crippen LogP contribution is -2.20. The minimum atomic E-state index is -0.504. The fourth-order valence-corrected chi connectivity index (χ4v) is 0.892. The Morgan fingerprint density at radius 3 is 2.92 bits per heavy atom. The van der Waals surface area contributed by atoms with Gasteiger partial charge in [0, 0.05) is 0 Å². The molecule has 72 valence electrons. The maximum atomic E-state index is 11.0. The summed E-state index contributed by atoms with van der Waals surface area (Å²) in [5, 5.41) is 0. The van der Waals surface area contributed by atoms with Crippen LogP contribution in [0.4, 0.5) is 4.79 Å². The van der Waals surface area contributed by atoms with Crippen molar-refractivity contribution < 1.29 is 19.1 Å². The summed E-state index contributed by atoms with van der Waals surface area (Å²) in [5.74, 6) is -0.407. The molecule has 0 unspecified atom stereocenters. The molecule has 1 heterocycles. The summed E-state index contributed by atoms with van der Waals surface area (Å²) < 4.78 is 9.15. The Morgan fingerprint density at radius 2 is 2.38 bits per heavy atom. The summed E-state index contributed by atoms with van der Waals surface area (Å²) in [6, 6.07) is -0.456. The van der Waals surface area contributed by atoms with Crippen LogP contribution in [0.3, 0.4) is 0 Å². The van der Waals surface area contributed by atoms with E-state index in [0.29, 0.717) is 6.54 Å². The van der Waals surface area contributed by atoms with Crippen molar-refractivity contribution in [1.29, 1.82) is 0 Å². The predicted molar refractivity (Wildman–Crippen MR) is 44.1 cm³/mol. The van der Waals surface area contributed by atoms with Crippen molar-refractivity contribution in [2.24, 2.45) is 0 Å². The molecule has 0 aromatic heterocycles. The van der Waals surface area contributed by atoms with Gasteiger partial charge in [0.05, 0.1) is 13.7 Å². The van der Waals surface area contributed by atoms with Crippen molar-refractivity contribution in [1.82, 2.24) is 4.90 Å². The number of methoxy groups -OCH3 is 1. The van der Waals surface area contributed by atoms with E-state index < -0.39 is 18.1 Å². The number of hydrogen-bond donors (Lipinski definition) is 0. The molecule has 1 atom stereocenters. The third kappa shape index (κ3) is 2.21. The van der Waals surface area contributed by atoms with Crippen LogP contribution in [-0.2, 0) is 14.3 Å². The van der Waals surface area contributed by atoms with Crippen LogP contribution in [0.25, 0.3) is 0 Å². The zero-order valence-corrected chi connectivity index (χ0v) is 7.36. The fraction of sp³-hybridized carbons (Fsp3) is 0.500. The van der Waals surface area contributed by atoms with Crippen LogP contribution < -0.4 is 0 Å². The molecule has 1 aliphatic heterocycles. The molecule has 13 heavy (non-hydrogen) atoms. The van der Waals surface area contributed by atoms with Gasteiger partial charge >= 0.3 is 12.1 Å². The molecule has 0 aliphatic carbocycles. The second-order valence-corrected chi connectivity index (χ2v) is 2.56. The third-order valence-corrected chi connectivity index (χ3v) is 1.64. The molecule has 5 heteroatoms. The zero-order valence-electron chi connectivity index (χ0n) is 7.36. The van der Waals surface area contributed by atoms with Crippen molar-refractivity contribution in [3.05, 3.63) is 12.7 Å². The van der Waals surface area contributed by atoms with E-state index in [1.807, 2.05) is 0 Å². The van der Waals surface area contributed by atoms with Gasteiger partial charge in [-0.25, -0.2) is 9.59 Å². The van der Waals surface area contributed by atoms with E-state index in [1.165, 1.54) is 18.1 Å². The van der Waals surface area contributed by atoms with Crippen molar-refractivity contribution in [3.63, 3.8) is 0 Å². The van der Waals surface area contributed by atoms with Crippen LogP contribution in [0, 0.1) is 0 Å². The van der Waals surface area contributed by atoms with Gasteiger partial charge in [-0.1, -0.05) is 12.7 Å². The summed E-state index contributed by atoms with van der Waals surface area (Å²) in [5.41, 5.74) is 0. The zero-order chi connectivity index (χ0) is 9.84. The molecule has 1 aliphatic rings. The lowest BCUT2D eigenvalue weighted by Gasteiger charge is -2.02. The predicted octanol–water partition coefficient (Wildman–Crippen LogP) is 0.166. The maximum absolute atomic E-state index is 11.0. The second-order valence-electron chi connectivity index (χ2n) is 2.56. The highest BCUT2D eigenvalue weighted by molar-refractivity contribution is 5.86. The number of rotatable bonds is 3. The highest BCUT2D eigenvalue weighted by Crippen LogP contribution is 2.19. The highest BCUT2D eigenvalue weighted by Gasteiger charge is 2.46. The summed E-state index contributed by atoms with van der Waals surface area (Å²) in [4.78, 5) is 23.2. The second kappa shape index (κ2) is 3.93. The Labute approximate surface area is 75.9 Å². The molecule has 1 amide bonds. The lowest BCUT2D eigenvalue weighted by atomic mass is 10.5. The third-order valence-electron chi connectivity index (χ3n) is 1.64. The Balaban J connectivity index is 2.29. The number of amides is 1. The number of carbonyl (C=O) groups is 2. The van der Waals surface area contributed by atoms with E-state index in [-0.39, 0.29) is 6.61 Å². The molecule has 0 N–H and O–H groups in total. The highest BCUT2D eigenvalue weighted by atomic mass is 16.6. The Bertz CT molecular complexity index is 238. The number of nitrogens with zero attached hydrogens (tertiary/aromatic N) is 1. The molecule has 0 saturated carbocycles. The monoisotopic (exact) mass is 185 g/mol. The molecule has 0 radical (unpaired) electrons. The Kier molecular flexibility index (Phi) is 2.89. The van der Waals surface area contributed by atoms with Gasteiger partial charge in [-0.05, 0) is 0 Å². The van der Waals surface area contributed by atoms with E-state index in [4.69, 9.17) is 4.74 Å². The largest absolute Gasteiger partial charge is 0.467 e. The van der Waals surface area contributed by atoms with E-state index in [0.717, 1.165) is 0 Å². The first-order chi connectivity index (χ1) is 6.20. The van der Waals surface area contributed by atoms with Crippen LogP contribution in [0.1, 0.15) is 0 Å². The molecular formula is C8H11NO4. The number of carbonyl (C=O) groups excluding carboxylic acids is 2. The maximum Gasteiger partial charge on any atom is 0.410 e. The average Bonchev–Trinajstić information content (AvgIpc) is 2.92. The molecule has 0 spiro atoms. The van der Waals surface area contributed by atoms with Crippen LogP contribution in [-0.4, -0.2) is 43.3 Å². The van der Waals surface area contributed by atoms with E-state index in [9.17, 15) is 9.59 Å². The summed E-state index contributed by atoms with van der Waals surface area (Å²) in [6.07, 6.45) is 0.962. The standard InChI is InChI=1S/C8H11NO4/c1-3-4-13-8(11)9-5-6(9)7(10)12-2/h3,6H,1,4-5H2,2H3/t6-,9?/m0/s1. The topological polar surface area (TPSA) is 55.6 Å². The molecule has 5 nitrogen and oxygen atoms in total. The van der Waals surface area contributed by atoms with Gasteiger partial charge in [-0.2, -0.15) is 0 Å².